The number of aliphatic hydroxyl groups excluding tert-OH is 1. The van der Waals surface area contributed by atoms with E-state index < -0.39 is 29.3 Å². The number of benzene rings is 1. The Hall–Kier alpha value is -2.12. The zero-order valence-corrected chi connectivity index (χ0v) is 17.9. The molecule has 29 heavy (non-hydrogen) atoms. The summed E-state index contributed by atoms with van der Waals surface area (Å²) in [5.74, 6) is -0.444. The summed E-state index contributed by atoms with van der Waals surface area (Å²) in [6, 6.07) is 9.23. The van der Waals surface area contributed by atoms with Crippen LogP contribution >= 0.6 is 0 Å². The summed E-state index contributed by atoms with van der Waals surface area (Å²) in [7, 11) is 0. The molecular formula is C22H34N2O5. The summed E-state index contributed by atoms with van der Waals surface area (Å²) < 4.78 is 5.36. The van der Waals surface area contributed by atoms with Gasteiger partial charge >= 0.3 is 6.09 Å². The number of aliphatic hydroxyl groups is 2. The van der Waals surface area contributed by atoms with E-state index in [4.69, 9.17) is 4.74 Å². The third kappa shape index (κ3) is 7.01. The summed E-state index contributed by atoms with van der Waals surface area (Å²) in [4.78, 5) is 26.6. The lowest BCUT2D eigenvalue weighted by Crippen LogP contribution is -2.55. The predicted octanol–water partition coefficient (Wildman–Crippen LogP) is 2.77. The molecular weight excluding hydrogens is 372 g/mol. The zero-order valence-electron chi connectivity index (χ0n) is 17.9. The number of piperidine rings is 1. The van der Waals surface area contributed by atoms with E-state index in [1.54, 1.807) is 27.7 Å². The van der Waals surface area contributed by atoms with Gasteiger partial charge in [-0.25, -0.2) is 4.79 Å². The standard InChI is InChI=1S/C22H34N2O5/c1-16(25)10-11-18(17-8-6-5-7-9-17)23-19(26)22(28)12-14-24(15-13-22)20(27)29-21(2,3)4/h5-9,16,18,25,28H,10-15H2,1-4H3,(H,23,26). The van der Waals surface area contributed by atoms with Crippen LogP contribution < -0.4 is 5.32 Å². The number of nitrogens with zero attached hydrogens (tertiary/aromatic N) is 1. The van der Waals surface area contributed by atoms with Crippen LogP contribution in [-0.2, 0) is 9.53 Å². The molecule has 7 heteroatoms. The van der Waals surface area contributed by atoms with Crippen molar-refractivity contribution >= 4 is 12.0 Å². The van der Waals surface area contributed by atoms with Crippen molar-refractivity contribution in [2.24, 2.45) is 0 Å². The Balaban J connectivity index is 2.00. The van der Waals surface area contributed by atoms with Gasteiger partial charge in [0, 0.05) is 25.9 Å². The van der Waals surface area contributed by atoms with Gasteiger partial charge < -0.3 is 25.2 Å². The van der Waals surface area contributed by atoms with E-state index in [2.05, 4.69) is 5.32 Å². The maximum atomic E-state index is 12.9. The average Bonchev–Trinajstić information content (AvgIpc) is 2.64. The van der Waals surface area contributed by atoms with Crippen LogP contribution in [0.2, 0.25) is 0 Å². The second-order valence-corrected chi connectivity index (χ2v) is 8.86. The van der Waals surface area contributed by atoms with Crippen LogP contribution in [0, 0.1) is 0 Å². The van der Waals surface area contributed by atoms with E-state index in [-0.39, 0.29) is 32.0 Å². The largest absolute Gasteiger partial charge is 0.444 e. The van der Waals surface area contributed by atoms with E-state index in [1.807, 2.05) is 30.3 Å². The SMILES string of the molecule is CC(O)CCC(NC(=O)C1(O)CCN(C(=O)OC(C)(C)C)CC1)c1ccccc1. The van der Waals surface area contributed by atoms with E-state index in [0.717, 1.165) is 5.56 Å². The van der Waals surface area contributed by atoms with Gasteiger partial charge in [0.25, 0.3) is 5.91 Å². The minimum Gasteiger partial charge on any atom is -0.444 e. The highest BCUT2D eigenvalue weighted by atomic mass is 16.6. The first-order valence-electron chi connectivity index (χ1n) is 10.2. The van der Waals surface area contributed by atoms with Crippen LogP contribution in [0.3, 0.4) is 0 Å². The molecule has 7 nitrogen and oxygen atoms in total. The number of hydrogen-bond donors (Lipinski definition) is 3. The number of likely N-dealkylation sites (tertiary alicyclic amines) is 1. The van der Waals surface area contributed by atoms with Crippen molar-refractivity contribution in [1.29, 1.82) is 0 Å². The summed E-state index contributed by atoms with van der Waals surface area (Å²) in [5.41, 5.74) is -1.19. The Kier molecular flexibility index (Phi) is 7.66. The fraction of sp³-hybridized carbons (Fsp3) is 0.636. The molecule has 1 aromatic rings. The first-order chi connectivity index (χ1) is 13.5. The first kappa shape index (κ1) is 23.2. The van der Waals surface area contributed by atoms with Gasteiger partial charge in [0.15, 0.2) is 0 Å². The third-order valence-corrected chi connectivity index (χ3v) is 5.05. The fourth-order valence-electron chi connectivity index (χ4n) is 3.32. The van der Waals surface area contributed by atoms with Crippen molar-refractivity contribution < 1.29 is 24.5 Å². The molecule has 0 spiro atoms. The molecule has 1 aromatic carbocycles. The lowest BCUT2D eigenvalue weighted by molar-refractivity contribution is -0.145. The van der Waals surface area contributed by atoms with E-state index >= 15 is 0 Å². The number of carbonyl (C=O) groups excluding carboxylic acids is 2. The molecule has 2 amide bonds. The molecule has 2 rings (SSSR count). The number of nitrogens with one attached hydrogen (secondary N) is 1. The van der Waals surface area contributed by atoms with Crippen molar-refractivity contribution in [3.8, 4) is 0 Å². The first-order valence-corrected chi connectivity index (χ1v) is 10.2. The van der Waals surface area contributed by atoms with Crippen molar-refractivity contribution in [2.45, 2.75) is 76.7 Å². The summed E-state index contributed by atoms with van der Waals surface area (Å²) >= 11 is 0. The monoisotopic (exact) mass is 406 g/mol. The lowest BCUT2D eigenvalue weighted by atomic mass is 9.89. The summed E-state index contributed by atoms with van der Waals surface area (Å²) in [5, 5.41) is 23.5. The molecule has 0 bridgehead atoms. The maximum absolute atomic E-state index is 12.9. The molecule has 1 aliphatic heterocycles. The highest BCUT2D eigenvalue weighted by Crippen LogP contribution is 2.27. The molecule has 0 saturated carbocycles. The van der Waals surface area contributed by atoms with Gasteiger partial charge in [0.05, 0.1) is 12.1 Å². The Bertz CT molecular complexity index is 676. The van der Waals surface area contributed by atoms with Gasteiger partial charge in [-0.15, -0.1) is 0 Å². The van der Waals surface area contributed by atoms with Crippen molar-refractivity contribution in [3.63, 3.8) is 0 Å². The van der Waals surface area contributed by atoms with Crippen LogP contribution in [-0.4, -0.2) is 57.5 Å². The fourth-order valence-corrected chi connectivity index (χ4v) is 3.32. The van der Waals surface area contributed by atoms with Crippen molar-refractivity contribution in [1.82, 2.24) is 10.2 Å². The number of hydrogen-bond acceptors (Lipinski definition) is 5. The number of rotatable bonds is 6. The van der Waals surface area contributed by atoms with Gasteiger partial charge in [-0.2, -0.15) is 0 Å². The minimum absolute atomic E-state index is 0.149. The van der Waals surface area contributed by atoms with E-state index in [1.165, 1.54) is 4.90 Å². The molecule has 1 heterocycles. The van der Waals surface area contributed by atoms with E-state index in [9.17, 15) is 19.8 Å². The lowest BCUT2D eigenvalue weighted by Gasteiger charge is -2.38. The van der Waals surface area contributed by atoms with E-state index in [0.29, 0.717) is 12.8 Å². The Morgan fingerprint density at radius 3 is 2.28 bits per heavy atom. The molecule has 3 N–H and O–H groups in total. The highest BCUT2D eigenvalue weighted by Gasteiger charge is 2.41. The van der Waals surface area contributed by atoms with Crippen LogP contribution in [0.15, 0.2) is 30.3 Å². The summed E-state index contributed by atoms with van der Waals surface area (Å²) in [6.45, 7) is 7.62. The smallest absolute Gasteiger partial charge is 0.410 e. The predicted molar refractivity (Wildman–Crippen MR) is 110 cm³/mol. The zero-order chi connectivity index (χ0) is 21.7. The maximum Gasteiger partial charge on any atom is 0.410 e. The number of amides is 2. The molecule has 0 radical (unpaired) electrons. The van der Waals surface area contributed by atoms with Gasteiger partial charge in [-0.3, -0.25) is 4.79 Å². The molecule has 1 saturated heterocycles. The Morgan fingerprint density at radius 2 is 1.76 bits per heavy atom. The third-order valence-electron chi connectivity index (χ3n) is 5.05. The van der Waals surface area contributed by atoms with Gasteiger partial charge in [0.2, 0.25) is 0 Å². The van der Waals surface area contributed by atoms with Crippen LogP contribution in [0.25, 0.3) is 0 Å². The minimum atomic E-state index is -1.53. The Morgan fingerprint density at radius 1 is 1.17 bits per heavy atom. The summed E-state index contributed by atoms with van der Waals surface area (Å²) in [6.07, 6.45) is 0.488. The second kappa shape index (κ2) is 9.59. The molecule has 0 aromatic heterocycles. The van der Waals surface area contributed by atoms with Crippen LogP contribution in [0.1, 0.15) is 65.0 Å². The highest BCUT2D eigenvalue weighted by molar-refractivity contribution is 5.85. The topological polar surface area (TPSA) is 99.1 Å². The van der Waals surface area contributed by atoms with Gasteiger partial charge in [-0.05, 0) is 46.1 Å². The Labute approximate surface area is 173 Å². The quantitative estimate of drug-likeness (QED) is 0.675. The molecule has 2 unspecified atom stereocenters. The molecule has 162 valence electrons. The van der Waals surface area contributed by atoms with Crippen LogP contribution in [0.5, 0.6) is 0 Å². The van der Waals surface area contributed by atoms with Gasteiger partial charge in [-0.1, -0.05) is 30.3 Å². The van der Waals surface area contributed by atoms with Crippen molar-refractivity contribution in [2.75, 3.05) is 13.1 Å². The van der Waals surface area contributed by atoms with Crippen molar-refractivity contribution in [3.05, 3.63) is 35.9 Å². The molecule has 2 atom stereocenters. The second-order valence-electron chi connectivity index (χ2n) is 8.86. The normalized spacial score (nSPS) is 18.6. The number of carbonyl (C=O) groups is 2. The van der Waals surface area contributed by atoms with Crippen LogP contribution in [0.4, 0.5) is 4.79 Å². The molecule has 0 aliphatic carbocycles. The number of ether oxygens (including phenoxy) is 1. The molecule has 1 fully saturated rings. The molecule has 1 aliphatic rings. The average molecular weight is 407 g/mol. The van der Waals surface area contributed by atoms with Gasteiger partial charge in [0.1, 0.15) is 11.2 Å².